The van der Waals surface area contributed by atoms with Crippen molar-refractivity contribution < 1.29 is 5.11 Å². The third-order valence-corrected chi connectivity index (χ3v) is 5.78. The van der Waals surface area contributed by atoms with Gasteiger partial charge in [-0.1, -0.05) is 23.3 Å². The number of pyridine rings is 1. The Morgan fingerprint density at radius 2 is 2.10 bits per heavy atom. The van der Waals surface area contributed by atoms with Crippen LogP contribution in [0.3, 0.4) is 0 Å². The summed E-state index contributed by atoms with van der Waals surface area (Å²) < 4.78 is 0. The van der Waals surface area contributed by atoms with Crippen LogP contribution in [0.25, 0.3) is 6.08 Å². The van der Waals surface area contributed by atoms with Gasteiger partial charge in [-0.15, -0.1) is 0 Å². The van der Waals surface area contributed by atoms with Crippen molar-refractivity contribution in [2.75, 3.05) is 19.6 Å². The number of halogens is 1. The van der Waals surface area contributed by atoms with Crippen LogP contribution in [0.2, 0.25) is 5.15 Å². The van der Waals surface area contributed by atoms with Crippen molar-refractivity contribution in [3.63, 3.8) is 0 Å². The minimum absolute atomic E-state index is 0.0294. The van der Waals surface area contributed by atoms with Crippen LogP contribution in [0.5, 0.6) is 0 Å². The fourth-order valence-electron chi connectivity index (χ4n) is 4.21. The largest absolute Gasteiger partial charge is 0.393 e. The van der Waals surface area contributed by atoms with Crippen molar-refractivity contribution >= 4 is 17.7 Å². The highest BCUT2D eigenvalue weighted by molar-refractivity contribution is 6.31. The van der Waals surface area contributed by atoms with Gasteiger partial charge in [0.05, 0.1) is 6.10 Å². The van der Waals surface area contributed by atoms with Gasteiger partial charge in [0.25, 0.3) is 0 Å². The van der Waals surface area contributed by atoms with Crippen LogP contribution >= 0.6 is 11.6 Å². The lowest BCUT2D eigenvalue weighted by molar-refractivity contribution is -0.0668. The Morgan fingerprint density at radius 1 is 1.33 bits per heavy atom. The first kappa shape index (κ1) is 13.7. The highest BCUT2D eigenvalue weighted by atomic mass is 35.5. The number of hydrogen-bond acceptors (Lipinski definition) is 3. The molecule has 0 atom stereocenters. The average Bonchev–Trinajstić information content (AvgIpc) is 2.84. The molecule has 3 nitrogen and oxygen atoms in total. The third kappa shape index (κ3) is 2.52. The van der Waals surface area contributed by atoms with Crippen LogP contribution in [-0.4, -0.2) is 40.7 Å². The summed E-state index contributed by atoms with van der Waals surface area (Å²) in [7, 11) is 0. The minimum Gasteiger partial charge on any atom is -0.393 e. The molecule has 3 aliphatic rings. The molecule has 1 spiro atoms. The summed E-state index contributed by atoms with van der Waals surface area (Å²) in [5.74, 6) is 0. The monoisotopic (exact) mass is 304 g/mol. The maximum absolute atomic E-state index is 9.55. The molecule has 21 heavy (non-hydrogen) atoms. The maximum atomic E-state index is 9.55. The second kappa shape index (κ2) is 5.08. The van der Waals surface area contributed by atoms with Crippen LogP contribution < -0.4 is 0 Å². The number of hydrogen-bond donors (Lipinski definition) is 1. The number of rotatable bonds is 2. The van der Waals surface area contributed by atoms with Gasteiger partial charge in [-0.2, -0.15) is 0 Å². The molecule has 1 aromatic rings. The zero-order valence-electron chi connectivity index (χ0n) is 12.2. The Morgan fingerprint density at radius 3 is 2.76 bits per heavy atom. The average molecular weight is 305 g/mol. The van der Waals surface area contributed by atoms with Crippen LogP contribution in [0.1, 0.15) is 36.8 Å². The normalized spacial score (nSPS) is 24.8. The first-order valence-corrected chi connectivity index (χ1v) is 8.25. The smallest absolute Gasteiger partial charge is 0.136 e. The van der Waals surface area contributed by atoms with Gasteiger partial charge in [0.2, 0.25) is 0 Å². The summed E-state index contributed by atoms with van der Waals surface area (Å²) in [5, 5.41) is 10.2. The van der Waals surface area contributed by atoms with E-state index in [0.717, 1.165) is 44.5 Å². The Hall–Kier alpha value is -0.900. The lowest BCUT2D eigenvalue weighted by atomic mass is 9.61. The van der Waals surface area contributed by atoms with E-state index in [4.69, 9.17) is 11.6 Å². The second-order valence-electron chi connectivity index (χ2n) is 6.99. The van der Waals surface area contributed by atoms with Gasteiger partial charge in [0.15, 0.2) is 0 Å². The fourth-order valence-corrected chi connectivity index (χ4v) is 4.45. The molecule has 0 bridgehead atoms. The van der Waals surface area contributed by atoms with Crippen LogP contribution in [-0.2, 0) is 6.42 Å². The Bertz CT molecular complexity index is 582. The van der Waals surface area contributed by atoms with E-state index >= 15 is 0 Å². The van der Waals surface area contributed by atoms with E-state index in [2.05, 4.69) is 22.0 Å². The zero-order chi connectivity index (χ0) is 14.4. The highest BCUT2D eigenvalue weighted by Gasteiger charge is 2.44. The fraction of sp³-hybridized carbons (Fsp3) is 0.588. The van der Waals surface area contributed by atoms with Gasteiger partial charge in [-0.05, 0) is 62.2 Å². The summed E-state index contributed by atoms with van der Waals surface area (Å²) in [4.78, 5) is 6.71. The van der Waals surface area contributed by atoms with Crippen LogP contribution in [0.15, 0.2) is 17.8 Å². The molecular formula is C17H21ClN2O. The summed E-state index contributed by atoms with van der Waals surface area (Å²) >= 11 is 6.16. The minimum atomic E-state index is -0.0294. The molecule has 1 aliphatic heterocycles. The quantitative estimate of drug-likeness (QED) is 0.854. The molecule has 0 amide bonds. The van der Waals surface area contributed by atoms with Gasteiger partial charge in [-0.25, -0.2) is 4.98 Å². The molecule has 4 heteroatoms. The Kier molecular flexibility index (Phi) is 3.32. The molecule has 112 valence electrons. The Balaban J connectivity index is 1.37. The van der Waals surface area contributed by atoms with Crippen molar-refractivity contribution in [2.24, 2.45) is 5.41 Å². The predicted octanol–water partition coefficient (Wildman–Crippen LogP) is 2.91. The van der Waals surface area contributed by atoms with Gasteiger partial charge in [0.1, 0.15) is 5.15 Å². The molecule has 2 aliphatic carbocycles. The van der Waals surface area contributed by atoms with E-state index in [0.29, 0.717) is 10.6 Å². The van der Waals surface area contributed by atoms with E-state index in [1.54, 1.807) is 6.20 Å². The number of aromatic nitrogens is 1. The molecule has 0 unspecified atom stereocenters. The molecule has 1 saturated carbocycles. The standard InChI is InChI=1S/C17H21ClN2O/c18-16-15-8-12(7-13(15)1-4-19-16)11-20-5-2-17(3-6-20)9-14(21)10-17/h1,4,8,14,21H,2-3,5-7,9-11H2. The molecule has 2 fully saturated rings. The summed E-state index contributed by atoms with van der Waals surface area (Å²) in [6, 6.07) is 2.08. The SMILES string of the molecule is OC1CC2(CCN(CC3=Cc4c(ccnc4Cl)C3)CC2)C1. The maximum Gasteiger partial charge on any atom is 0.136 e. The molecule has 0 aromatic carbocycles. The molecule has 4 rings (SSSR count). The van der Waals surface area contributed by atoms with Gasteiger partial charge in [-0.3, -0.25) is 4.90 Å². The molecule has 2 heterocycles. The summed E-state index contributed by atoms with van der Waals surface area (Å²) in [6.07, 6.45) is 9.54. The zero-order valence-corrected chi connectivity index (χ0v) is 12.9. The second-order valence-corrected chi connectivity index (χ2v) is 7.35. The van der Waals surface area contributed by atoms with E-state index in [1.807, 2.05) is 0 Å². The van der Waals surface area contributed by atoms with E-state index in [9.17, 15) is 5.11 Å². The van der Waals surface area contributed by atoms with E-state index in [-0.39, 0.29) is 6.10 Å². The molecule has 1 N–H and O–H groups in total. The van der Waals surface area contributed by atoms with Crippen molar-refractivity contribution in [1.29, 1.82) is 0 Å². The number of likely N-dealkylation sites (tertiary alicyclic amines) is 1. The molecule has 1 aromatic heterocycles. The topological polar surface area (TPSA) is 36.4 Å². The van der Waals surface area contributed by atoms with Crippen molar-refractivity contribution in [2.45, 2.75) is 38.2 Å². The number of fused-ring (bicyclic) bond motifs is 1. The highest BCUT2D eigenvalue weighted by Crippen LogP contribution is 2.49. The van der Waals surface area contributed by atoms with E-state index < -0.39 is 0 Å². The number of aliphatic hydroxyl groups is 1. The lowest BCUT2D eigenvalue weighted by Crippen LogP contribution is -2.49. The van der Waals surface area contributed by atoms with Crippen molar-refractivity contribution in [1.82, 2.24) is 9.88 Å². The van der Waals surface area contributed by atoms with Crippen LogP contribution in [0, 0.1) is 5.41 Å². The van der Waals surface area contributed by atoms with Gasteiger partial charge < -0.3 is 5.11 Å². The first-order chi connectivity index (χ1) is 10.1. The molecule has 1 saturated heterocycles. The first-order valence-electron chi connectivity index (χ1n) is 7.87. The lowest BCUT2D eigenvalue weighted by Gasteiger charge is -2.50. The number of piperidine rings is 1. The summed E-state index contributed by atoms with van der Waals surface area (Å²) in [6.45, 7) is 3.36. The van der Waals surface area contributed by atoms with Gasteiger partial charge >= 0.3 is 0 Å². The van der Waals surface area contributed by atoms with E-state index in [1.165, 1.54) is 24.0 Å². The molecule has 0 radical (unpaired) electrons. The predicted molar refractivity (Wildman–Crippen MR) is 84.3 cm³/mol. The van der Waals surface area contributed by atoms with Gasteiger partial charge in [0, 0.05) is 18.3 Å². The third-order valence-electron chi connectivity index (χ3n) is 5.48. The number of nitrogens with zero attached hydrogens (tertiary/aromatic N) is 2. The molecular weight excluding hydrogens is 284 g/mol. The van der Waals surface area contributed by atoms with Crippen molar-refractivity contribution in [3.05, 3.63) is 34.1 Å². The Labute approximate surface area is 130 Å². The number of aliphatic hydroxyl groups excluding tert-OH is 1. The summed E-state index contributed by atoms with van der Waals surface area (Å²) in [5.41, 5.74) is 4.34. The van der Waals surface area contributed by atoms with Crippen LogP contribution in [0.4, 0.5) is 0 Å². The van der Waals surface area contributed by atoms with Crippen molar-refractivity contribution in [3.8, 4) is 0 Å².